The predicted octanol–water partition coefficient (Wildman–Crippen LogP) is 7.29. The molecule has 0 aliphatic heterocycles. The number of esters is 2. The van der Waals surface area contributed by atoms with E-state index < -0.39 is 32.5 Å². The third-order valence-corrected chi connectivity index (χ3v) is 7.56. The number of nitrogens with one attached hydrogen (secondary N) is 1. The molecule has 0 saturated carbocycles. The van der Waals surface area contributed by atoms with Crippen LogP contribution in [0.5, 0.6) is 0 Å². The lowest BCUT2D eigenvalue weighted by Crippen LogP contribution is -2.29. The Balaban J connectivity index is 3.91. The predicted molar refractivity (Wildman–Crippen MR) is 165 cm³/mol. The monoisotopic (exact) mass is 621 g/mol. The van der Waals surface area contributed by atoms with Crippen LogP contribution in [0.2, 0.25) is 0 Å². The minimum atomic E-state index is -4.74. The Morgan fingerprint density at radius 2 is 1.07 bits per heavy atom. The number of unbranched alkanes of at least 4 members (excludes halogenated alkanes) is 18. The van der Waals surface area contributed by atoms with Crippen LogP contribution >= 0.6 is 7.82 Å². The van der Waals surface area contributed by atoms with Gasteiger partial charge in [0.15, 0.2) is 6.10 Å². The number of phosphoric ester groups is 1. The maximum Gasteiger partial charge on any atom is 0.469 e. The van der Waals surface area contributed by atoms with Gasteiger partial charge in [0.05, 0.1) is 6.61 Å². The molecule has 0 radical (unpaired) electrons. The van der Waals surface area contributed by atoms with Crippen molar-refractivity contribution in [1.82, 2.24) is 5.32 Å². The average Bonchev–Trinajstić information content (AvgIpc) is 2.93. The first-order chi connectivity index (χ1) is 20.1. The maximum absolute atomic E-state index is 12.2. The van der Waals surface area contributed by atoms with Crippen molar-refractivity contribution < 1.29 is 42.7 Å². The van der Waals surface area contributed by atoms with Gasteiger partial charge < -0.3 is 24.6 Å². The van der Waals surface area contributed by atoms with E-state index >= 15 is 0 Å². The topological polar surface area (TPSA) is 148 Å². The number of carbonyl (C=O) groups is 3. The average molecular weight is 622 g/mol. The summed E-state index contributed by atoms with van der Waals surface area (Å²) >= 11 is 0. The van der Waals surface area contributed by atoms with Gasteiger partial charge in [-0.2, -0.15) is 0 Å². The van der Waals surface area contributed by atoms with E-state index in [-0.39, 0.29) is 25.4 Å². The lowest BCUT2D eigenvalue weighted by molar-refractivity contribution is -0.161. The van der Waals surface area contributed by atoms with Crippen molar-refractivity contribution in [3.05, 3.63) is 0 Å². The van der Waals surface area contributed by atoms with Crippen LogP contribution in [0.1, 0.15) is 155 Å². The zero-order valence-corrected chi connectivity index (χ0v) is 27.3. The molecule has 0 fully saturated rings. The van der Waals surface area contributed by atoms with Crippen LogP contribution < -0.4 is 5.32 Å². The molecule has 0 aromatic heterocycles. The van der Waals surface area contributed by atoms with Crippen molar-refractivity contribution >= 4 is 25.7 Å². The highest BCUT2D eigenvalue weighted by atomic mass is 31.2. The fraction of sp³-hybridized carbons (Fsp3) is 0.903. The van der Waals surface area contributed by atoms with Gasteiger partial charge >= 0.3 is 19.8 Å². The molecule has 3 N–H and O–H groups in total. The highest BCUT2D eigenvalue weighted by molar-refractivity contribution is 7.46. The first kappa shape index (κ1) is 40.5. The molecule has 0 heterocycles. The molecule has 0 saturated heterocycles. The fourth-order valence-electron chi connectivity index (χ4n) is 4.63. The molecule has 0 aliphatic rings. The van der Waals surface area contributed by atoms with Crippen molar-refractivity contribution in [3.8, 4) is 0 Å². The number of rotatable bonds is 30. The summed E-state index contributed by atoms with van der Waals surface area (Å²) in [5.41, 5.74) is 0. The lowest BCUT2D eigenvalue weighted by Gasteiger charge is -2.18. The van der Waals surface area contributed by atoms with Crippen LogP contribution in [0.4, 0.5) is 0 Å². The van der Waals surface area contributed by atoms with Crippen molar-refractivity contribution in [3.63, 3.8) is 0 Å². The second-order valence-electron chi connectivity index (χ2n) is 11.3. The Hall–Kier alpha value is -1.48. The zero-order chi connectivity index (χ0) is 31.3. The van der Waals surface area contributed by atoms with Crippen molar-refractivity contribution in [2.75, 3.05) is 19.8 Å². The third kappa shape index (κ3) is 31.5. The zero-order valence-electron chi connectivity index (χ0n) is 26.5. The smallest absolute Gasteiger partial charge is 0.462 e. The summed E-state index contributed by atoms with van der Waals surface area (Å²) in [5.74, 6) is -0.876. The molecule has 1 atom stereocenters. The Labute approximate surface area is 254 Å². The summed E-state index contributed by atoms with van der Waals surface area (Å²) in [6.07, 6.45) is 21.5. The number of amides is 1. The van der Waals surface area contributed by atoms with E-state index in [2.05, 4.69) is 16.8 Å². The molecule has 0 aliphatic carbocycles. The van der Waals surface area contributed by atoms with Crippen LogP contribution in [0, 0.1) is 0 Å². The molecule has 1 amide bonds. The lowest BCUT2D eigenvalue weighted by atomic mass is 10.0. The van der Waals surface area contributed by atoms with E-state index in [4.69, 9.17) is 19.3 Å². The van der Waals surface area contributed by atoms with Crippen LogP contribution in [0.25, 0.3) is 0 Å². The van der Waals surface area contributed by atoms with Crippen LogP contribution in [0.15, 0.2) is 0 Å². The molecule has 248 valence electrons. The molecule has 0 bridgehead atoms. The van der Waals surface area contributed by atoms with E-state index in [1.807, 2.05) is 0 Å². The van der Waals surface area contributed by atoms with Gasteiger partial charge in [-0.05, 0) is 19.3 Å². The number of ether oxygens (including phenoxy) is 2. The van der Waals surface area contributed by atoms with Gasteiger partial charge in [-0.25, -0.2) is 4.57 Å². The maximum atomic E-state index is 12.2. The summed E-state index contributed by atoms with van der Waals surface area (Å²) < 4.78 is 26.1. The standard InChI is InChI=1S/C31H60NO9P/c1-3-4-5-6-7-14-18-21-24-31(35)41-29(27-40-42(36,37)38)26-39-30(34)23-20-17-15-12-10-8-9-11-13-16-19-22-25-32-28(2)33/h29H,3-27H2,1-2H3,(H,32,33)(H2,36,37,38)/t29-/m0/s1. The number of carbonyl (C=O) groups excluding carboxylic acids is 3. The highest BCUT2D eigenvalue weighted by Crippen LogP contribution is 2.35. The van der Waals surface area contributed by atoms with Crippen LogP contribution in [0.3, 0.4) is 0 Å². The molecular formula is C31H60NO9P. The van der Waals surface area contributed by atoms with Gasteiger partial charge in [-0.15, -0.1) is 0 Å². The second kappa shape index (κ2) is 28.3. The van der Waals surface area contributed by atoms with Crippen molar-refractivity contribution in [2.45, 2.75) is 161 Å². The van der Waals surface area contributed by atoms with Gasteiger partial charge in [0.25, 0.3) is 0 Å². The molecule has 42 heavy (non-hydrogen) atoms. The molecule has 0 aromatic carbocycles. The fourth-order valence-corrected chi connectivity index (χ4v) is 4.99. The molecular weight excluding hydrogens is 561 g/mol. The van der Waals surface area contributed by atoms with E-state index in [0.717, 1.165) is 57.9 Å². The van der Waals surface area contributed by atoms with Crippen LogP contribution in [-0.2, 0) is 32.9 Å². The van der Waals surface area contributed by atoms with Gasteiger partial charge in [-0.1, -0.05) is 116 Å². The number of hydrogen-bond donors (Lipinski definition) is 3. The summed E-state index contributed by atoms with van der Waals surface area (Å²) in [7, 11) is -4.74. The Kier molecular flexibility index (Phi) is 27.3. The molecule has 0 rings (SSSR count). The van der Waals surface area contributed by atoms with Gasteiger partial charge in [0, 0.05) is 26.3 Å². The Bertz CT molecular complexity index is 729. The summed E-state index contributed by atoms with van der Waals surface area (Å²) in [4.78, 5) is 53.2. The first-order valence-electron chi connectivity index (χ1n) is 16.4. The molecule has 0 unspecified atom stereocenters. The van der Waals surface area contributed by atoms with Gasteiger partial charge in [0.2, 0.25) is 5.91 Å². The normalized spacial score (nSPS) is 12.2. The van der Waals surface area contributed by atoms with Gasteiger partial charge in [-0.3, -0.25) is 18.9 Å². The largest absolute Gasteiger partial charge is 0.469 e. The SMILES string of the molecule is CCCCCCCCCCC(=O)O[C@@H](COC(=O)CCCCCCCCCCCCCCNC(C)=O)COP(=O)(O)O. The molecule has 10 nitrogen and oxygen atoms in total. The number of phosphoric acid groups is 1. The Morgan fingerprint density at radius 1 is 0.643 bits per heavy atom. The summed E-state index contributed by atoms with van der Waals surface area (Å²) in [5, 5.41) is 2.82. The highest BCUT2D eigenvalue weighted by Gasteiger charge is 2.22. The van der Waals surface area contributed by atoms with Crippen LogP contribution in [-0.4, -0.2) is 53.5 Å². The minimum Gasteiger partial charge on any atom is -0.462 e. The van der Waals surface area contributed by atoms with E-state index in [1.165, 1.54) is 64.2 Å². The molecule has 0 spiro atoms. The molecule has 11 heteroatoms. The molecule has 0 aromatic rings. The van der Waals surface area contributed by atoms with Crippen molar-refractivity contribution in [1.29, 1.82) is 0 Å². The quantitative estimate of drug-likeness (QED) is 0.0427. The van der Waals surface area contributed by atoms with E-state index in [1.54, 1.807) is 6.92 Å². The van der Waals surface area contributed by atoms with E-state index in [9.17, 15) is 18.9 Å². The van der Waals surface area contributed by atoms with Crippen molar-refractivity contribution in [2.24, 2.45) is 0 Å². The minimum absolute atomic E-state index is 0.0380. The van der Waals surface area contributed by atoms with E-state index in [0.29, 0.717) is 12.8 Å². The summed E-state index contributed by atoms with van der Waals surface area (Å²) in [6, 6.07) is 0. The first-order valence-corrected chi connectivity index (χ1v) is 18.0. The number of hydrogen-bond acceptors (Lipinski definition) is 7. The summed E-state index contributed by atoms with van der Waals surface area (Å²) in [6.45, 7) is 3.66. The van der Waals surface area contributed by atoms with Gasteiger partial charge in [0.1, 0.15) is 6.61 Å². The Morgan fingerprint density at radius 3 is 1.52 bits per heavy atom. The third-order valence-electron chi connectivity index (χ3n) is 7.07. The second-order valence-corrected chi connectivity index (χ2v) is 12.5.